The van der Waals surface area contributed by atoms with Gasteiger partial charge in [-0.15, -0.1) is 0 Å². The van der Waals surface area contributed by atoms with Crippen LogP contribution in [-0.2, 0) is 11.2 Å². The fraction of sp³-hybridized carbons (Fsp3) is 0.625. The molecule has 1 N–H and O–H groups in total. The molecule has 0 aromatic heterocycles. The predicted molar refractivity (Wildman–Crippen MR) is 80.8 cm³/mol. The first-order valence-corrected chi connectivity index (χ1v) is 7.75. The highest BCUT2D eigenvalue weighted by molar-refractivity contribution is 6.30. The molecular weight excluding hydrogens is 277 g/mol. The van der Waals surface area contributed by atoms with Gasteiger partial charge in [0.25, 0.3) is 0 Å². The van der Waals surface area contributed by atoms with E-state index < -0.39 is 0 Å². The topological polar surface area (TPSA) is 21.3 Å². The molecule has 1 aromatic carbocycles. The Balaban J connectivity index is 2.07. The Morgan fingerprint density at radius 3 is 2.95 bits per heavy atom. The smallest absolute Gasteiger partial charge is 0.141 e. The Morgan fingerprint density at radius 2 is 2.30 bits per heavy atom. The van der Waals surface area contributed by atoms with Gasteiger partial charge in [0, 0.05) is 18.6 Å². The maximum Gasteiger partial charge on any atom is 0.141 e. The van der Waals surface area contributed by atoms with Crippen LogP contribution >= 0.6 is 11.6 Å². The van der Waals surface area contributed by atoms with E-state index in [9.17, 15) is 4.39 Å². The standard InChI is InChI=1S/C16H23ClFNO/c1-2-7-19-11-16(6-3-8-20-12-16)10-13-4-5-15(18)14(17)9-13/h4-5,9,19H,2-3,6-8,10-12H2,1H3. The van der Waals surface area contributed by atoms with Gasteiger partial charge in [0.1, 0.15) is 5.82 Å². The Kier molecular flexibility index (Phi) is 5.82. The van der Waals surface area contributed by atoms with Crippen LogP contribution in [0.5, 0.6) is 0 Å². The molecule has 20 heavy (non-hydrogen) atoms. The van der Waals surface area contributed by atoms with Gasteiger partial charge in [0.15, 0.2) is 0 Å². The number of ether oxygens (including phenoxy) is 1. The van der Waals surface area contributed by atoms with Gasteiger partial charge in [-0.25, -0.2) is 4.39 Å². The van der Waals surface area contributed by atoms with Crippen molar-refractivity contribution in [1.82, 2.24) is 5.32 Å². The van der Waals surface area contributed by atoms with E-state index in [2.05, 4.69) is 12.2 Å². The van der Waals surface area contributed by atoms with Gasteiger partial charge in [-0.05, 0) is 49.9 Å². The molecule has 0 aliphatic carbocycles. The van der Waals surface area contributed by atoms with E-state index in [1.807, 2.05) is 6.07 Å². The summed E-state index contributed by atoms with van der Waals surface area (Å²) >= 11 is 5.88. The van der Waals surface area contributed by atoms with E-state index in [0.29, 0.717) is 0 Å². The molecule has 0 bridgehead atoms. The van der Waals surface area contributed by atoms with E-state index >= 15 is 0 Å². The molecule has 0 radical (unpaired) electrons. The number of hydrogen-bond acceptors (Lipinski definition) is 2. The van der Waals surface area contributed by atoms with E-state index in [1.54, 1.807) is 6.07 Å². The van der Waals surface area contributed by atoms with Crippen LogP contribution in [0.2, 0.25) is 5.02 Å². The zero-order chi connectivity index (χ0) is 14.4. The van der Waals surface area contributed by atoms with Crippen LogP contribution < -0.4 is 5.32 Å². The van der Waals surface area contributed by atoms with Crippen LogP contribution in [0.3, 0.4) is 0 Å². The summed E-state index contributed by atoms with van der Waals surface area (Å²) < 4.78 is 18.9. The maximum atomic E-state index is 13.3. The first-order chi connectivity index (χ1) is 9.65. The minimum Gasteiger partial charge on any atom is -0.381 e. The highest BCUT2D eigenvalue weighted by Gasteiger charge is 2.32. The normalized spacial score (nSPS) is 22.9. The van der Waals surface area contributed by atoms with Crippen molar-refractivity contribution in [2.75, 3.05) is 26.3 Å². The van der Waals surface area contributed by atoms with Crippen molar-refractivity contribution >= 4 is 11.6 Å². The summed E-state index contributed by atoms with van der Waals surface area (Å²) in [6.07, 6.45) is 4.23. The van der Waals surface area contributed by atoms with Crippen LogP contribution in [0.15, 0.2) is 18.2 Å². The van der Waals surface area contributed by atoms with Crippen molar-refractivity contribution in [2.45, 2.75) is 32.6 Å². The second-order valence-corrected chi connectivity index (χ2v) is 6.17. The van der Waals surface area contributed by atoms with Crippen LogP contribution in [0.1, 0.15) is 31.7 Å². The van der Waals surface area contributed by atoms with E-state index in [1.165, 1.54) is 6.07 Å². The second kappa shape index (κ2) is 7.39. The van der Waals surface area contributed by atoms with Gasteiger partial charge in [0.2, 0.25) is 0 Å². The molecule has 112 valence electrons. The number of benzene rings is 1. The predicted octanol–water partition coefficient (Wildman–Crippen LogP) is 3.82. The number of nitrogens with one attached hydrogen (secondary N) is 1. The first-order valence-electron chi connectivity index (χ1n) is 7.38. The highest BCUT2D eigenvalue weighted by atomic mass is 35.5. The fourth-order valence-electron chi connectivity index (χ4n) is 2.86. The first kappa shape index (κ1) is 15.7. The molecule has 0 saturated carbocycles. The average Bonchev–Trinajstić information content (AvgIpc) is 2.44. The molecule has 4 heteroatoms. The van der Waals surface area contributed by atoms with Gasteiger partial charge in [-0.2, -0.15) is 0 Å². The Hall–Kier alpha value is -0.640. The Labute approximate surface area is 125 Å². The molecule has 1 unspecified atom stereocenters. The van der Waals surface area contributed by atoms with Gasteiger partial charge < -0.3 is 10.1 Å². The third-order valence-corrected chi connectivity index (χ3v) is 4.18. The average molecular weight is 300 g/mol. The number of hydrogen-bond donors (Lipinski definition) is 1. The van der Waals surface area contributed by atoms with Gasteiger partial charge in [0.05, 0.1) is 11.6 Å². The number of rotatable bonds is 6. The van der Waals surface area contributed by atoms with Crippen molar-refractivity contribution in [3.05, 3.63) is 34.6 Å². The highest BCUT2D eigenvalue weighted by Crippen LogP contribution is 2.33. The summed E-state index contributed by atoms with van der Waals surface area (Å²) in [5.74, 6) is -0.353. The molecular formula is C16H23ClFNO. The molecule has 0 amide bonds. The zero-order valence-corrected chi connectivity index (χ0v) is 12.8. The summed E-state index contributed by atoms with van der Waals surface area (Å²) in [7, 11) is 0. The minimum absolute atomic E-state index is 0.106. The van der Waals surface area contributed by atoms with Crippen molar-refractivity contribution in [2.24, 2.45) is 5.41 Å². The minimum atomic E-state index is -0.353. The molecule has 1 fully saturated rings. The lowest BCUT2D eigenvalue weighted by Gasteiger charge is -2.37. The molecule has 1 aliphatic heterocycles. The lowest BCUT2D eigenvalue weighted by Crippen LogP contribution is -2.43. The zero-order valence-electron chi connectivity index (χ0n) is 12.1. The van der Waals surface area contributed by atoms with E-state index in [-0.39, 0.29) is 16.3 Å². The molecule has 2 nitrogen and oxygen atoms in total. The molecule has 1 atom stereocenters. The maximum absolute atomic E-state index is 13.3. The van der Waals surface area contributed by atoms with Crippen LogP contribution in [-0.4, -0.2) is 26.3 Å². The number of halogens is 2. The van der Waals surface area contributed by atoms with Gasteiger partial charge in [-0.1, -0.05) is 24.6 Å². The molecule has 1 aliphatic rings. The molecule has 2 rings (SSSR count). The monoisotopic (exact) mass is 299 g/mol. The summed E-state index contributed by atoms with van der Waals surface area (Å²) in [5.41, 5.74) is 1.19. The van der Waals surface area contributed by atoms with Crippen molar-refractivity contribution in [3.8, 4) is 0 Å². The Bertz CT molecular complexity index is 432. The molecule has 1 saturated heterocycles. The molecule has 1 heterocycles. The summed E-state index contributed by atoms with van der Waals surface area (Å²) in [6.45, 7) is 5.73. The lowest BCUT2D eigenvalue weighted by molar-refractivity contribution is -0.00707. The van der Waals surface area contributed by atoms with E-state index in [4.69, 9.17) is 16.3 Å². The molecule has 1 aromatic rings. The lowest BCUT2D eigenvalue weighted by atomic mass is 9.77. The van der Waals surface area contributed by atoms with Crippen LogP contribution in [0.25, 0.3) is 0 Å². The second-order valence-electron chi connectivity index (χ2n) is 5.76. The van der Waals surface area contributed by atoms with E-state index in [0.717, 1.165) is 57.6 Å². The summed E-state index contributed by atoms with van der Waals surface area (Å²) in [5, 5.41) is 3.71. The van der Waals surface area contributed by atoms with Crippen molar-refractivity contribution in [1.29, 1.82) is 0 Å². The molecule has 0 spiro atoms. The Morgan fingerprint density at radius 1 is 1.45 bits per heavy atom. The third kappa shape index (κ3) is 4.18. The SMILES string of the molecule is CCCNCC1(Cc2ccc(F)c(Cl)c2)CCCOC1. The van der Waals surface area contributed by atoms with Crippen molar-refractivity contribution < 1.29 is 9.13 Å². The van der Waals surface area contributed by atoms with Gasteiger partial charge >= 0.3 is 0 Å². The van der Waals surface area contributed by atoms with Crippen LogP contribution in [0.4, 0.5) is 4.39 Å². The summed E-state index contributed by atoms with van der Waals surface area (Å²) in [4.78, 5) is 0. The summed E-state index contributed by atoms with van der Waals surface area (Å²) in [6, 6.07) is 5.03. The van der Waals surface area contributed by atoms with Crippen molar-refractivity contribution in [3.63, 3.8) is 0 Å². The third-order valence-electron chi connectivity index (χ3n) is 3.89. The fourth-order valence-corrected chi connectivity index (χ4v) is 3.07. The van der Waals surface area contributed by atoms with Gasteiger partial charge in [-0.3, -0.25) is 0 Å². The van der Waals surface area contributed by atoms with Crippen LogP contribution in [0, 0.1) is 11.2 Å². The quantitative estimate of drug-likeness (QED) is 0.806. The largest absolute Gasteiger partial charge is 0.381 e.